The number of halogens is 1. The minimum Gasteiger partial charge on any atom is -0.506 e. The molecule has 3 nitrogen and oxygen atoms in total. The Hall–Kier alpha value is -2.00. The molecular weight excluding hydrogens is 274 g/mol. The highest BCUT2D eigenvalue weighted by atomic mass is 35.5. The standard InChI is InChI=1S/C16H14ClNO2/c17-14-6-5-13(9-15(14)19)18-16(20)12-7-10-3-1-2-4-11(10)8-12/h1-6,9,12,19H,7-8H2,(H,18,20). The van der Waals surface area contributed by atoms with Crippen LogP contribution in [0.4, 0.5) is 5.69 Å². The van der Waals surface area contributed by atoms with Crippen molar-refractivity contribution in [3.63, 3.8) is 0 Å². The number of phenols is 1. The van der Waals surface area contributed by atoms with E-state index in [4.69, 9.17) is 11.6 Å². The third-order valence-corrected chi connectivity index (χ3v) is 3.96. The Morgan fingerprint density at radius 2 is 1.80 bits per heavy atom. The fraction of sp³-hybridized carbons (Fsp3) is 0.188. The number of rotatable bonds is 2. The maximum atomic E-state index is 12.3. The lowest BCUT2D eigenvalue weighted by molar-refractivity contribution is -0.119. The summed E-state index contributed by atoms with van der Waals surface area (Å²) in [5.41, 5.74) is 3.05. The van der Waals surface area contributed by atoms with Crippen LogP contribution in [0.25, 0.3) is 0 Å². The molecule has 0 saturated carbocycles. The molecule has 0 fully saturated rings. The Morgan fingerprint density at radius 1 is 1.15 bits per heavy atom. The highest BCUT2D eigenvalue weighted by Gasteiger charge is 2.27. The molecular formula is C16H14ClNO2. The molecule has 0 spiro atoms. The lowest BCUT2D eigenvalue weighted by Crippen LogP contribution is -2.23. The third-order valence-electron chi connectivity index (χ3n) is 3.64. The molecule has 20 heavy (non-hydrogen) atoms. The number of phenolic OH excluding ortho intramolecular Hbond substituents is 1. The number of fused-ring (bicyclic) bond motifs is 1. The van der Waals surface area contributed by atoms with Crippen molar-refractivity contribution in [3.8, 4) is 5.75 Å². The van der Waals surface area contributed by atoms with Crippen LogP contribution in [0.15, 0.2) is 42.5 Å². The van der Waals surface area contributed by atoms with Gasteiger partial charge in [0.15, 0.2) is 0 Å². The summed E-state index contributed by atoms with van der Waals surface area (Å²) >= 11 is 5.74. The zero-order chi connectivity index (χ0) is 14.1. The molecule has 0 aromatic heterocycles. The normalized spacial score (nSPS) is 14.1. The third kappa shape index (κ3) is 2.49. The molecule has 0 unspecified atom stereocenters. The molecule has 3 rings (SSSR count). The van der Waals surface area contributed by atoms with Crippen LogP contribution in [0.2, 0.25) is 5.02 Å². The summed E-state index contributed by atoms with van der Waals surface area (Å²) in [6.07, 6.45) is 1.53. The van der Waals surface area contributed by atoms with Crippen LogP contribution < -0.4 is 5.32 Å². The number of aromatic hydroxyl groups is 1. The average Bonchev–Trinajstić information content (AvgIpc) is 2.87. The summed E-state index contributed by atoms with van der Waals surface area (Å²) in [6.45, 7) is 0. The van der Waals surface area contributed by atoms with Crippen molar-refractivity contribution >= 4 is 23.2 Å². The first-order valence-corrected chi connectivity index (χ1v) is 6.87. The summed E-state index contributed by atoms with van der Waals surface area (Å²) in [4.78, 5) is 12.3. The van der Waals surface area contributed by atoms with Gasteiger partial charge in [0.1, 0.15) is 5.75 Å². The molecule has 2 aromatic carbocycles. The zero-order valence-electron chi connectivity index (χ0n) is 10.8. The molecule has 0 saturated heterocycles. The Morgan fingerprint density at radius 3 is 2.40 bits per heavy atom. The zero-order valence-corrected chi connectivity index (χ0v) is 11.5. The van der Waals surface area contributed by atoms with Crippen LogP contribution in [0.3, 0.4) is 0 Å². The van der Waals surface area contributed by atoms with Gasteiger partial charge in [0, 0.05) is 17.7 Å². The van der Waals surface area contributed by atoms with E-state index in [2.05, 4.69) is 17.4 Å². The van der Waals surface area contributed by atoms with Gasteiger partial charge in [-0.2, -0.15) is 0 Å². The van der Waals surface area contributed by atoms with Crippen LogP contribution in [-0.2, 0) is 17.6 Å². The SMILES string of the molecule is O=C(Nc1ccc(Cl)c(O)c1)C1Cc2ccccc2C1. The quantitative estimate of drug-likeness (QED) is 0.889. The van der Waals surface area contributed by atoms with Gasteiger partial charge in [0.25, 0.3) is 0 Å². The van der Waals surface area contributed by atoms with Gasteiger partial charge in [0.05, 0.1) is 5.02 Å². The van der Waals surface area contributed by atoms with Crippen LogP contribution >= 0.6 is 11.6 Å². The van der Waals surface area contributed by atoms with Crippen LogP contribution in [-0.4, -0.2) is 11.0 Å². The van der Waals surface area contributed by atoms with E-state index in [0.29, 0.717) is 5.69 Å². The highest BCUT2D eigenvalue weighted by Crippen LogP contribution is 2.29. The minimum atomic E-state index is -0.0507. The van der Waals surface area contributed by atoms with Gasteiger partial charge in [-0.15, -0.1) is 0 Å². The number of hydrogen-bond donors (Lipinski definition) is 2. The van der Waals surface area contributed by atoms with Gasteiger partial charge in [-0.1, -0.05) is 35.9 Å². The molecule has 1 aliphatic carbocycles. The van der Waals surface area contributed by atoms with Crippen molar-refractivity contribution in [3.05, 3.63) is 58.6 Å². The number of hydrogen-bond acceptors (Lipinski definition) is 2. The fourth-order valence-corrected chi connectivity index (χ4v) is 2.70. The average molecular weight is 288 g/mol. The maximum absolute atomic E-state index is 12.3. The second-order valence-corrected chi connectivity index (χ2v) is 5.44. The van der Waals surface area contributed by atoms with E-state index in [0.717, 1.165) is 12.8 Å². The summed E-state index contributed by atoms with van der Waals surface area (Å²) in [6, 6.07) is 12.8. The number of carbonyl (C=O) groups excluding carboxylic acids is 1. The summed E-state index contributed by atoms with van der Waals surface area (Å²) < 4.78 is 0. The largest absolute Gasteiger partial charge is 0.506 e. The van der Waals surface area contributed by atoms with Gasteiger partial charge >= 0.3 is 0 Å². The van der Waals surface area contributed by atoms with Gasteiger partial charge in [0.2, 0.25) is 5.91 Å². The van der Waals surface area contributed by atoms with E-state index < -0.39 is 0 Å². The van der Waals surface area contributed by atoms with Crippen molar-refractivity contribution in [2.45, 2.75) is 12.8 Å². The first kappa shape index (κ1) is 13.0. The molecule has 2 N–H and O–H groups in total. The van der Waals surface area contributed by atoms with Crippen molar-refractivity contribution in [1.82, 2.24) is 0 Å². The topological polar surface area (TPSA) is 49.3 Å². The van der Waals surface area contributed by atoms with Gasteiger partial charge in [-0.25, -0.2) is 0 Å². The molecule has 0 radical (unpaired) electrons. The van der Waals surface area contributed by atoms with Crippen molar-refractivity contribution in [2.75, 3.05) is 5.32 Å². The van der Waals surface area contributed by atoms with E-state index in [1.54, 1.807) is 12.1 Å². The minimum absolute atomic E-state index is 0.0251. The molecule has 0 atom stereocenters. The molecule has 102 valence electrons. The van der Waals surface area contributed by atoms with Crippen LogP contribution in [0.5, 0.6) is 5.75 Å². The van der Waals surface area contributed by atoms with Crippen molar-refractivity contribution in [1.29, 1.82) is 0 Å². The van der Waals surface area contributed by atoms with Gasteiger partial charge < -0.3 is 10.4 Å². The monoisotopic (exact) mass is 287 g/mol. The van der Waals surface area contributed by atoms with Crippen LogP contribution in [0.1, 0.15) is 11.1 Å². The molecule has 0 bridgehead atoms. The van der Waals surface area contributed by atoms with Crippen LogP contribution in [0, 0.1) is 5.92 Å². The fourth-order valence-electron chi connectivity index (χ4n) is 2.58. The highest BCUT2D eigenvalue weighted by molar-refractivity contribution is 6.32. The van der Waals surface area contributed by atoms with Crippen molar-refractivity contribution < 1.29 is 9.90 Å². The lowest BCUT2D eigenvalue weighted by Gasteiger charge is -2.11. The van der Waals surface area contributed by atoms with E-state index >= 15 is 0 Å². The summed E-state index contributed by atoms with van der Waals surface area (Å²) in [5.74, 6) is -0.104. The number of anilines is 1. The second-order valence-electron chi connectivity index (χ2n) is 5.03. The molecule has 4 heteroatoms. The van der Waals surface area contributed by atoms with E-state index in [1.165, 1.54) is 17.2 Å². The molecule has 0 aliphatic heterocycles. The van der Waals surface area contributed by atoms with E-state index in [9.17, 15) is 9.90 Å². The molecule has 1 aliphatic rings. The first-order valence-electron chi connectivity index (χ1n) is 6.49. The Bertz CT molecular complexity index is 644. The van der Waals surface area contributed by atoms with E-state index in [-0.39, 0.29) is 22.6 Å². The smallest absolute Gasteiger partial charge is 0.228 e. The first-order chi connectivity index (χ1) is 9.63. The molecule has 1 amide bonds. The predicted octanol–water partition coefficient (Wildman–Crippen LogP) is 3.40. The number of carbonyl (C=O) groups is 1. The second kappa shape index (κ2) is 5.17. The number of nitrogens with one attached hydrogen (secondary N) is 1. The Labute approximate surface area is 122 Å². The predicted molar refractivity (Wildman–Crippen MR) is 79.1 cm³/mol. The van der Waals surface area contributed by atoms with Crippen molar-refractivity contribution in [2.24, 2.45) is 5.92 Å². The number of benzene rings is 2. The maximum Gasteiger partial charge on any atom is 0.228 e. The van der Waals surface area contributed by atoms with Gasteiger partial charge in [-0.3, -0.25) is 4.79 Å². The Kier molecular flexibility index (Phi) is 3.36. The summed E-state index contributed by atoms with van der Waals surface area (Å²) in [5, 5.41) is 12.6. The molecule has 2 aromatic rings. The van der Waals surface area contributed by atoms with Gasteiger partial charge in [-0.05, 0) is 36.1 Å². The Balaban J connectivity index is 1.71. The molecule has 0 heterocycles. The lowest BCUT2D eigenvalue weighted by atomic mass is 10.1. The van der Waals surface area contributed by atoms with E-state index in [1.807, 2.05) is 12.1 Å². The number of amides is 1. The summed E-state index contributed by atoms with van der Waals surface area (Å²) in [7, 11) is 0.